The van der Waals surface area contributed by atoms with Crippen LogP contribution in [0.5, 0.6) is 11.5 Å². The summed E-state index contributed by atoms with van der Waals surface area (Å²) in [5.74, 6) is 0.146. The van der Waals surface area contributed by atoms with E-state index >= 15 is 0 Å². The Hall–Kier alpha value is -2.91. The van der Waals surface area contributed by atoms with Gasteiger partial charge in [-0.25, -0.2) is 8.42 Å². The number of benzene rings is 2. The molecule has 3 fully saturated rings. The third kappa shape index (κ3) is 4.81. The summed E-state index contributed by atoms with van der Waals surface area (Å²) in [6.45, 7) is 1.39. The molecule has 2 saturated heterocycles. The van der Waals surface area contributed by atoms with Gasteiger partial charge in [-0.2, -0.15) is 4.31 Å². The van der Waals surface area contributed by atoms with Crippen LogP contribution in [-0.4, -0.2) is 55.1 Å². The number of anilines is 1. The maximum Gasteiger partial charge on any atom is 0.243 e. The maximum atomic E-state index is 13.2. The van der Waals surface area contributed by atoms with Gasteiger partial charge in [-0.05, 0) is 56.0 Å². The number of nitrogens with zero attached hydrogens (tertiary/aromatic N) is 2. The van der Waals surface area contributed by atoms with E-state index < -0.39 is 15.9 Å². The first-order valence-corrected chi connectivity index (χ1v) is 13.3. The zero-order valence-electron chi connectivity index (χ0n) is 19.0. The van der Waals surface area contributed by atoms with Crippen molar-refractivity contribution in [2.45, 2.75) is 49.5 Å². The highest BCUT2D eigenvalue weighted by Gasteiger charge is 2.42. The van der Waals surface area contributed by atoms with Crippen LogP contribution in [0.1, 0.15) is 38.5 Å². The van der Waals surface area contributed by atoms with Crippen LogP contribution in [-0.2, 0) is 19.6 Å². The fraction of sp³-hybridized carbons (Fsp3) is 0.440. The Morgan fingerprint density at radius 2 is 1.74 bits per heavy atom. The number of carbonyl (C=O) groups is 2. The molecular formula is C25H29N3O5S. The van der Waals surface area contributed by atoms with Crippen LogP contribution in [0, 0.1) is 5.92 Å². The van der Waals surface area contributed by atoms with Crippen LogP contribution in [0.3, 0.4) is 0 Å². The van der Waals surface area contributed by atoms with E-state index in [-0.39, 0.29) is 34.9 Å². The van der Waals surface area contributed by atoms with E-state index in [9.17, 15) is 18.0 Å². The van der Waals surface area contributed by atoms with Crippen molar-refractivity contribution in [2.75, 3.05) is 25.0 Å². The molecule has 0 radical (unpaired) electrons. The number of hydrogen-bond donors (Lipinski definition) is 1. The fourth-order valence-electron chi connectivity index (χ4n) is 4.61. The van der Waals surface area contributed by atoms with Crippen molar-refractivity contribution in [3.8, 4) is 11.5 Å². The Kier molecular flexibility index (Phi) is 6.31. The van der Waals surface area contributed by atoms with Gasteiger partial charge in [-0.1, -0.05) is 24.6 Å². The van der Waals surface area contributed by atoms with Gasteiger partial charge in [0.1, 0.15) is 5.75 Å². The molecule has 8 nitrogen and oxygen atoms in total. The largest absolute Gasteiger partial charge is 0.455 e. The zero-order valence-corrected chi connectivity index (χ0v) is 19.8. The minimum absolute atomic E-state index is 0.00448. The average Bonchev–Trinajstić information content (AvgIpc) is 3.62. The SMILES string of the molecule is O=C(Nc1cc(S(=O)(=O)N2CCCCC2)ccc1Oc1ccccc1)C1CC(=O)N(C2CC2)C1. The van der Waals surface area contributed by atoms with E-state index in [0.29, 0.717) is 31.1 Å². The van der Waals surface area contributed by atoms with Gasteiger partial charge in [0.2, 0.25) is 21.8 Å². The Labute approximate surface area is 199 Å². The summed E-state index contributed by atoms with van der Waals surface area (Å²) in [7, 11) is -3.69. The first kappa shape index (κ1) is 22.9. The van der Waals surface area contributed by atoms with Crippen molar-refractivity contribution in [3.05, 3.63) is 48.5 Å². The summed E-state index contributed by atoms with van der Waals surface area (Å²) >= 11 is 0. The molecule has 180 valence electrons. The summed E-state index contributed by atoms with van der Waals surface area (Å²) < 4.78 is 34.0. The predicted molar refractivity (Wildman–Crippen MR) is 127 cm³/mol. The predicted octanol–water partition coefficient (Wildman–Crippen LogP) is 3.60. The molecule has 9 heteroatoms. The van der Waals surface area contributed by atoms with Crippen LogP contribution in [0.4, 0.5) is 5.69 Å². The number of para-hydroxylation sites is 1. The Balaban J connectivity index is 1.41. The van der Waals surface area contributed by atoms with Gasteiger partial charge in [0, 0.05) is 32.1 Å². The van der Waals surface area contributed by atoms with Gasteiger partial charge in [-0.15, -0.1) is 0 Å². The van der Waals surface area contributed by atoms with Gasteiger partial charge < -0.3 is 15.0 Å². The van der Waals surface area contributed by atoms with Crippen LogP contribution < -0.4 is 10.1 Å². The minimum atomic E-state index is -3.69. The molecule has 0 aromatic heterocycles. The molecule has 1 atom stereocenters. The maximum absolute atomic E-state index is 13.2. The molecule has 2 amide bonds. The highest BCUT2D eigenvalue weighted by Crippen LogP contribution is 2.36. The topological polar surface area (TPSA) is 96.0 Å². The average molecular weight is 484 g/mol. The monoisotopic (exact) mass is 483 g/mol. The summed E-state index contributed by atoms with van der Waals surface area (Å²) in [6.07, 6.45) is 4.85. The lowest BCUT2D eigenvalue weighted by Crippen LogP contribution is -2.35. The van der Waals surface area contributed by atoms with Crippen molar-refractivity contribution in [1.29, 1.82) is 0 Å². The number of rotatable bonds is 7. The summed E-state index contributed by atoms with van der Waals surface area (Å²) in [5.41, 5.74) is 0.282. The number of carbonyl (C=O) groups excluding carboxylic acids is 2. The Bertz CT molecular complexity index is 1170. The second-order valence-corrected chi connectivity index (χ2v) is 11.1. The van der Waals surface area contributed by atoms with Crippen molar-refractivity contribution in [1.82, 2.24) is 9.21 Å². The first-order valence-electron chi connectivity index (χ1n) is 11.9. The number of likely N-dealkylation sites (tertiary alicyclic amines) is 1. The van der Waals surface area contributed by atoms with Crippen LogP contribution in [0.25, 0.3) is 0 Å². The van der Waals surface area contributed by atoms with Gasteiger partial charge in [0.05, 0.1) is 16.5 Å². The number of piperidine rings is 1. The molecule has 1 N–H and O–H groups in total. The summed E-state index contributed by atoms with van der Waals surface area (Å²) in [4.78, 5) is 27.4. The van der Waals surface area contributed by atoms with E-state index in [1.165, 1.54) is 16.4 Å². The number of amides is 2. The molecule has 1 saturated carbocycles. The number of nitrogens with one attached hydrogen (secondary N) is 1. The quantitative estimate of drug-likeness (QED) is 0.649. The lowest BCUT2D eigenvalue weighted by molar-refractivity contribution is -0.128. The minimum Gasteiger partial charge on any atom is -0.455 e. The second-order valence-electron chi connectivity index (χ2n) is 9.21. The van der Waals surface area contributed by atoms with Gasteiger partial charge in [0.25, 0.3) is 0 Å². The van der Waals surface area contributed by atoms with E-state index in [1.54, 1.807) is 23.1 Å². The highest BCUT2D eigenvalue weighted by atomic mass is 32.2. The van der Waals surface area contributed by atoms with Crippen LogP contribution in [0.15, 0.2) is 53.4 Å². The van der Waals surface area contributed by atoms with Crippen molar-refractivity contribution in [3.63, 3.8) is 0 Å². The summed E-state index contributed by atoms with van der Waals surface area (Å²) in [6, 6.07) is 13.9. The molecule has 0 spiro atoms. The molecule has 0 bridgehead atoms. The standard InChI is InChI=1S/C25H29N3O5S/c29-24-15-18(17-28(24)19-9-10-19)25(30)26-22-16-21(34(31,32)27-13-5-2-6-14-27)11-12-23(22)33-20-7-3-1-4-8-20/h1,3-4,7-8,11-12,16,18-19H,2,5-6,9-10,13-15,17H2,(H,26,30). The molecule has 2 heterocycles. The van der Waals surface area contributed by atoms with Crippen LogP contribution in [0.2, 0.25) is 0 Å². The van der Waals surface area contributed by atoms with Crippen molar-refractivity contribution >= 4 is 27.5 Å². The lowest BCUT2D eigenvalue weighted by atomic mass is 10.1. The Morgan fingerprint density at radius 1 is 1.00 bits per heavy atom. The Morgan fingerprint density at radius 3 is 2.44 bits per heavy atom. The molecule has 34 heavy (non-hydrogen) atoms. The highest BCUT2D eigenvalue weighted by molar-refractivity contribution is 7.89. The number of sulfonamides is 1. The fourth-order valence-corrected chi connectivity index (χ4v) is 6.15. The van der Waals surface area contributed by atoms with E-state index in [0.717, 1.165) is 32.1 Å². The molecular weight excluding hydrogens is 454 g/mol. The first-order chi connectivity index (χ1) is 16.4. The number of ether oxygens (including phenoxy) is 1. The lowest BCUT2D eigenvalue weighted by Gasteiger charge is -2.26. The van der Waals surface area contributed by atoms with Crippen molar-refractivity contribution in [2.24, 2.45) is 5.92 Å². The normalized spacial score (nSPS) is 21.5. The molecule has 1 aliphatic carbocycles. The molecule has 2 aliphatic heterocycles. The zero-order chi connectivity index (χ0) is 23.7. The second kappa shape index (κ2) is 9.38. The van der Waals surface area contributed by atoms with Crippen LogP contribution >= 0.6 is 0 Å². The number of hydrogen-bond acceptors (Lipinski definition) is 5. The van der Waals surface area contributed by atoms with Gasteiger partial charge in [0.15, 0.2) is 5.75 Å². The summed E-state index contributed by atoms with van der Waals surface area (Å²) in [5, 5.41) is 2.86. The van der Waals surface area contributed by atoms with Crippen molar-refractivity contribution < 1.29 is 22.7 Å². The molecule has 2 aromatic carbocycles. The molecule has 5 rings (SSSR count). The molecule has 2 aromatic rings. The van der Waals surface area contributed by atoms with E-state index in [4.69, 9.17) is 4.74 Å². The molecule has 3 aliphatic rings. The van der Waals surface area contributed by atoms with Gasteiger partial charge in [-0.3, -0.25) is 9.59 Å². The van der Waals surface area contributed by atoms with E-state index in [2.05, 4.69) is 5.32 Å². The molecule has 1 unspecified atom stereocenters. The van der Waals surface area contributed by atoms with E-state index in [1.807, 2.05) is 18.2 Å². The smallest absolute Gasteiger partial charge is 0.243 e. The third-order valence-electron chi connectivity index (χ3n) is 6.65. The van der Waals surface area contributed by atoms with Gasteiger partial charge >= 0.3 is 0 Å². The third-order valence-corrected chi connectivity index (χ3v) is 8.54.